The third-order valence-corrected chi connectivity index (χ3v) is 4.85. The maximum atomic E-state index is 12.2. The summed E-state index contributed by atoms with van der Waals surface area (Å²) in [7, 11) is -3.74. The normalized spacial score (nSPS) is 14.8. The molecule has 0 fully saturated rings. The van der Waals surface area contributed by atoms with E-state index >= 15 is 0 Å². The number of amides is 2. The van der Waals surface area contributed by atoms with Crippen molar-refractivity contribution in [3.05, 3.63) is 35.4 Å². The molecule has 1 atom stereocenters. The zero-order valence-electron chi connectivity index (χ0n) is 16.5. The van der Waals surface area contributed by atoms with Gasteiger partial charge in [0.2, 0.25) is 15.9 Å². The van der Waals surface area contributed by atoms with Crippen LogP contribution >= 0.6 is 0 Å². The molecule has 1 aliphatic heterocycles. The van der Waals surface area contributed by atoms with Crippen molar-refractivity contribution in [3.63, 3.8) is 0 Å². The Morgan fingerprint density at radius 2 is 1.93 bits per heavy atom. The number of nitrogens with one attached hydrogen (secondary N) is 4. The van der Waals surface area contributed by atoms with E-state index in [0.717, 1.165) is 24.8 Å². The molecule has 0 saturated heterocycles. The molecular weight excluding hydrogens is 414 g/mol. The number of sulfonamides is 1. The maximum Gasteiger partial charge on any atom is 0.323 e. The largest absolute Gasteiger partial charge is 0.480 e. The molecule has 5 N–H and O–H groups in total. The molecular formula is C18H25N5O6S. The van der Waals surface area contributed by atoms with Crippen LogP contribution in [0.1, 0.15) is 28.8 Å². The molecule has 2 amide bonds. The number of carboxylic acid groups (broad SMARTS) is 1. The van der Waals surface area contributed by atoms with Crippen LogP contribution in [-0.4, -0.2) is 69.2 Å². The molecule has 0 radical (unpaired) electrons. The van der Waals surface area contributed by atoms with Crippen LogP contribution in [0.2, 0.25) is 0 Å². The van der Waals surface area contributed by atoms with Crippen LogP contribution in [0, 0.1) is 0 Å². The number of carbonyl (C=O) groups is 3. The SMILES string of the molecule is CS(=O)(=O)NC(CNC(=O)c1ccc(CCC(=O)NC2=NCCCN2)cc1)C(=O)O. The van der Waals surface area contributed by atoms with Crippen molar-refractivity contribution >= 4 is 33.8 Å². The van der Waals surface area contributed by atoms with Gasteiger partial charge in [0.25, 0.3) is 5.91 Å². The number of benzene rings is 1. The molecule has 164 valence electrons. The van der Waals surface area contributed by atoms with E-state index in [0.29, 0.717) is 18.9 Å². The topological polar surface area (TPSA) is 166 Å². The molecule has 1 heterocycles. The summed E-state index contributed by atoms with van der Waals surface area (Å²) in [6.45, 7) is 1.06. The first-order chi connectivity index (χ1) is 14.1. The first-order valence-electron chi connectivity index (χ1n) is 9.29. The lowest BCUT2D eigenvalue weighted by Crippen LogP contribution is -2.48. The number of hydrogen-bond donors (Lipinski definition) is 5. The lowest BCUT2D eigenvalue weighted by molar-refractivity contribution is -0.138. The molecule has 11 nitrogen and oxygen atoms in total. The smallest absolute Gasteiger partial charge is 0.323 e. The van der Waals surface area contributed by atoms with Gasteiger partial charge in [-0.25, -0.2) is 8.42 Å². The molecule has 0 spiro atoms. The van der Waals surface area contributed by atoms with Crippen molar-refractivity contribution in [3.8, 4) is 0 Å². The summed E-state index contributed by atoms with van der Waals surface area (Å²) in [5.74, 6) is -1.61. The lowest BCUT2D eigenvalue weighted by atomic mass is 10.1. The Morgan fingerprint density at radius 3 is 2.50 bits per heavy atom. The van der Waals surface area contributed by atoms with Gasteiger partial charge in [-0.05, 0) is 30.5 Å². The molecule has 1 aromatic rings. The van der Waals surface area contributed by atoms with Gasteiger partial charge in [0.1, 0.15) is 6.04 Å². The number of nitrogens with zero attached hydrogens (tertiary/aromatic N) is 1. The van der Waals surface area contributed by atoms with Crippen molar-refractivity contribution in [2.75, 3.05) is 25.9 Å². The van der Waals surface area contributed by atoms with Gasteiger partial charge < -0.3 is 15.7 Å². The van der Waals surface area contributed by atoms with E-state index in [1.165, 1.54) is 0 Å². The Kier molecular flexibility index (Phi) is 8.30. The fourth-order valence-electron chi connectivity index (χ4n) is 2.63. The van der Waals surface area contributed by atoms with Gasteiger partial charge in [0.05, 0.1) is 6.26 Å². The summed E-state index contributed by atoms with van der Waals surface area (Å²) in [6, 6.07) is 5.03. The number of carbonyl (C=O) groups excluding carboxylic acids is 2. The lowest BCUT2D eigenvalue weighted by Gasteiger charge is -2.15. The van der Waals surface area contributed by atoms with E-state index in [-0.39, 0.29) is 17.9 Å². The molecule has 1 aliphatic rings. The second-order valence-corrected chi connectivity index (χ2v) is 8.53. The zero-order chi connectivity index (χ0) is 22.1. The summed E-state index contributed by atoms with van der Waals surface area (Å²) in [6.07, 6.45) is 2.50. The summed E-state index contributed by atoms with van der Waals surface area (Å²) in [4.78, 5) is 39.4. The first-order valence-corrected chi connectivity index (χ1v) is 11.2. The van der Waals surface area contributed by atoms with Gasteiger partial charge in [0, 0.05) is 31.6 Å². The summed E-state index contributed by atoms with van der Waals surface area (Å²) >= 11 is 0. The maximum absolute atomic E-state index is 12.2. The zero-order valence-corrected chi connectivity index (χ0v) is 17.3. The quantitative estimate of drug-likeness (QED) is 0.323. The van der Waals surface area contributed by atoms with Gasteiger partial charge in [-0.2, -0.15) is 4.72 Å². The minimum Gasteiger partial charge on any atom is -0.480 e. The predicted molar refractivity (Wildman–Crippen MR) is 110 cm³/mol. The molecule has 12 heteroatoms. The van der Waals surface area contributed by atoms with Crippen LogP contribution < -0.4 is 20.7 Å². The van der Waals surface area contributed by atoms with Crippen molar-refractivity contribution in [1.82, 2.24) is 20.7 Å². The molecule has 30 heavy (non-hydrogen) atoms. The second kappa shape index (κ2) is 10.7. The fourth-order valence-corrected chi connectivity index (χ4v) is 3.33. The van der Waals surface area contributed by atoms with Crippen LogP contribution in [0.15, 0.2) is 29.3 Å². The monoisotopic (exact) mass is 439 g/mol. The number of hydrogen-bond acceptors (Lipinski definition) is 7. The Labute approximate surface area is 174 Å². The molecule has 0 saturated carbocycles. The van der Waals surface area contributed by atoms with Crippen LogP contribution in [-0.2, 0) is 26.0 Å². The number of aliphatic carboxylic acids is 1. The average molecular weight is 439 g/mol. The van der Waals surface area contributed by atoms with Gasteiger partial charge in [-0.15, -0.1) is 0 Å². The molecule has 1 aromatic carbocycles. The summed E-state index contributed by atoms with van der Waals surface area (Å²) < 4.78 is 24.3. The van der Waals surface area contributed by atoms with Crippen LogP contribution in [0.3, 0.4) is 0 Å². The average Bonchev–Trinajstić information content (AvgIpc) is 2.69. The highest BCUT2D eigenvalue weighted by Gasteiger charge is 2.22. The Morgan fingerprint density at radius 1 is 1.23 bits per heavy atom. The summed E-state index contributed by atoms with van der Waals surface area (Å²) in [5.41, 5.74) is 1.13. The highest BCUT2D eigenvalue weighted by atomic mass is 32.2. The van der Waals surface area contributed by atoms with Crippen molar-refractivity contribution in [1.29, 1.82) is 0 Å². The first kappa shape index (κ1) is 23.3. The van der Waals surface area contributed by atoms with Crippen molar-refractivity contribution in [2.24, 2.45) is 4.99 Å². The molecule has 0 bridgehead atoms. The summed E-state index contributed by atoms with van der Waals surface area (Å²) in [5, 5.41) is 17.1. The molecule has 0 aromatic heterocycles. The molecule has 2 rings (SSSR count). The van der Waals surface area contributed by atoms with E-state index in [4.69, 9.17) is 5.11 Å². The number of guanidine groups is 1. The highest BCUT2D eigenvalue weighted by Crippen LogP contribution is 2.07. The van der Waals surface area contributed by atoms with E-state index in [1.54, 1.807) is 24.3 Å². The Balaban J connectivity index is 1.82. The van der Waals surface area contributed by atoms with Crippen molar-refractivity contribution in [2.45, 2.75) is 25.3 Å². The standard InChI is InChI=1S/C18H25N5O6S/c1-30(28,29)23-14(17(26)27)11-21-16(25)13-6-3-12(4-7-13)5-8-15(24)22-18-19-9-2-10-20-18/h3-4,6-7,14,23H,2,5,8-11H2,1H3,(H,21,25)(H,26,27)(H2,19,20,22,24). The third kappa shape index (κ3) is 8.17. The van der Waals surface area contributed by atoms with Gasteiger partial charge >= 0.3 is 5.97 Å². The van der Waals surface area contributed by atoms with Crippen LogP contribution in [0.25, 0.3) is 0 Å². The van der Waals surface area contributed by atoms with Gasteiger partial charge in [-0.1, -0.05) is 12.1 Å². The van der Waals surface area contributed by atoms with Gasteiger partial charge in [0.15, 0.2) is 5.96 Å². The highest BCUT2D eigenvalue weighted by molar-refractivity contribution is 7.88. The van der Waals surface area contributed by atoms with E-state index in [1.807, 2.05) is 4.72 Å². The van der Waals surface area contributed by atoms with Crippen molar-refractivity contribution < 1.29 is 27.9 Å². The number of aliphatic imine (C=N–C) groups is 1. The van der Waals surface area contributed by atoms with Crippen LogP contribution in [0.5, 0.6) is 0 Å². The Hall–Kier alpha value is -2.99. The predicted octanol–water partition coefficient (Wildman–Crippen LogP) is -1.18. The Bertz CT molecular complexity index is 913. The van der Waals surface area contributed by atoms with Gasteiger partial charge in [-0.3, -0.25) is 24.7 Å². The minimum atomic E-state index is -3.74. The second-order valence-electron chi connectivity index (χ2n) is 6.75. The fraction of sp³-hybridized carbons (Fsp3) is 0.444. The van der Waals surface area contributed by atoms with E-state index in [9.17, 15) is 22.8 Å². The van der Waals surface area contributed by atoms with Crippen LogP contribution in [0.4, 0.5) is 0 Å². The third-order valence-electron chi connectivity index (χ3n) is 4.13. The van der Waals surface area contributed by atoms with E-state index < -0.39 is 34.5 Å². The number of rotatable bonds is 9. The number of carboxylic acids is 1. The minimum absolute atomic E-state index is 0.164. The molecule has 0 aliphatic carbocycles. The number of aryl methyl sites for hydroxylation is 1. The van der Waals surface area contributed by atoms with E-state index in [2.05, 4.69) is 20.9 Å². The molecule has 1 unspecified atom stereocenters.